The van der Waals surface area contributed by atoms with Crippen LogP contribution in [0.3, 0.4) is 0 Å². The molecule has 0 fully saturated rings. The van der Waals surface area contributed by atoms with E-state index in [1.807, 2.05) is 30.3 Å². The summed E-state index contributed by atoms with van der Waals surface area (Å²) in [6.45, 7) is 0. The summed E-state index contributed by atoms with van der Waals surface area (Å²) >= 11 is 0. The summed E-state index contributed by atoms with van der Waals surface area (Å²) in [6, 6.07) is 19.4. The van der Waals surface area contributed by atoms with Gasteiger partial charge in [0.15, 0.2) is 5.75 Å². The van der Waals surface area contributed by atoms with Gasteiger partial charge in [0.2, 0.25) is 0 Å². The quantitative estimate of drug-likeness (QED) is 0.715. The molecule has 20 heavy (non-hydrogen) atoms. The molecule has 0 atom stereocenters. The molecule has 4 N–H and O–H groups in total. The summed E-state index contributed by atoms with van der Waals surface area (Å²) < 4.78 is 0. The van der Waals surface area contributed by atoms with E-state index < -0.39 is 0 Å². The number of nitrogens with two attached hydrogens (primary N) is 2. The van der Waals surface area contributed by atoms with Gasteiger partial charge in [0.25, 0.3) is 0 Å². The van der Waals surface area contributed by atoms with Crippen molar-refractivity contribution in [2.45, 2.75) is 0 Å². The highest BCUT2D eigenvalue weighted by molar-refractivity contribution is 5.98. The Hall–Kier alpha value is -2.56. The average molecular weight is 266 g/mol. The largest absolute Gasteiger partial charge is 0.412 e. The van der Waals surface area contributed by atoms with Crippen molar-refractivity contribution in [2.24, 2.45) is 11.8 Å². The molecule has 0 amide bonds. The first kappa shape index (κ1) is 12.5. The molecule has 0 saturated carbocycles. The van der Waals surface area contributed by atoms with E-state index in [9.17, 15) is 0 Å². The third kappa shape index (κ3) is 2.07. The molecule has 0 radical (unpaired) electrons. The topological polar surface area (TPSA) is 70.5 Å². The van der Waals surface area contributed by atoms with Gasteiger partial charge in [-0.05, 0) is 34.5 Å². The fourth-order valence-corrected chi connectivity index (χ4v) is 2.36. The molecule has 0 heterocycles. The van der Waals surface area contributed by atoms with E-state index in [4.69, 9.17) is 21.5 Å². The second-order valence-electron chi connectivity index (χ2n) is 4.42. The minimum atomic E-state index is 0.550. The molecule has 0 aromatic heterocycles. The lowest BCUT2D eigenvalue weighted by Gasteiger charge is -2.12. The van der Waals surface area contributed by atoms with Gasteiger partial charge in [-0.3, -0.25) is 0 Å². The van der Waals surface area contributed by atoms with Crippen molar-refractivity contribution in [1.82, 2.24) is 0 Å². The molecule has 0 unspecified atom stereocenters. The van der Waals surface area contributed by atoms with E-state index in [2.05, 4.69) is 18.2 Å². The Morgan fingerprint density at radius 2 is 1.50 bits per heavy atom. The van der Waals surface area contributed by atoms with Crippen molar-refractivity contribution >= 4 is 10.8 Å². The van der Waals surface area contributed by atoms with Crippen LogP contribution in [0.5, 0.6) is 11.5 Å². The third-order valence-corrected chi connectivity index (χ3v) is 3.29. The van der Waals surface area contributed by atoms with Gasteiger partial charge in [-0.25, -0.2) is 0 Å². The van der Waals surface area contributed by atoms with E-state index in [-0.39, 0.29) is 0 Å². The Kier molecular flexibility index (Phi) is 3.25. The molecule has 0 aliphatic carbocycles. The molecule has 3 aromatic carbocycles. The predicted octanol–water partition coefficient (Wildman–Crippen LogP) is 3.01. The van der Waals surface area contributed by atoms with Crippen LogP contribution in [0.1, 0.15) is 0 Å². The van der Waals surface area contributed by atoms with Gasteiger partial charge >= 0.3 is 0 Å². The lowest BCUT2D eigenvalue weighted by atomic mass is 9.97. The van der Waals surface area contributed by atoms with Crippen molar-refractivity contribution < 1.29 is 9.68 Å². The standard InChI is InChI=1S/C16H14N2O2/c17-19-12-8-9-16(20-18)15(10-12)14-7-3-5-11-4-1-2-6-13(11)14/h1-10H,17-18H2. The lowest BCUT2D eigenvalue weighted by Crippen LogP contribution is -2.05. The van der Waals surface area contributed by atoms with Crippen LogP contribution in [0.4, 0.5) is 0 Å². The minimum Gasteiger partial charge on any atom is -0.412 e. The summed E-state index contributed by atoms with van der Waals surface area (Å²) in [5.74, 6) is 11.7. The predicted molar refractivity (Wildman–Crippen MR) is 79.0 cm³/mol. The molecule has 3 aromatic rings. The molecular weight excluding hydrogens is 252 g/mol. The van der Waals surface area contributed by atoms with Crippen LogP contribution >= 0.6 is 0 Å². The number of rotatable bonds is 3. The SMILES string of the molecule is NOc1ccc(ON)c(-c2cccc3ccccc23)c1. The summed E-state index contributed by atoms with van der Waals surface area (Å²) in [5, 5.41) is 2.26. The van der Waals surface area contributed by atoms with E-state index in [0.717, 1.165) is 21.9 Å². The van der Waals surface area contributed by atoms with Gasteiger partial charge in [0, 0.05) is 5.56 Å². The average Bonchev–Trinajstić information content (AvgIpc) is 2.53. The first-order chi connectivity index (χ1) is 9.83. The van der Waals surface area contributed by atoms with Gasteiger partial charge in [-0.15, -0.1) is 0 Å². The van der Waals surface area contributed by atoms with Crippen molar-refractivity contribution in [3.05, 3.63) is 60.7 Å². The Bertz CT molecular complexity index is 751. The smallest absolute Gasteiger partial charge is 0.154 e. The Labute approximate surface area is 116 Å². The van der Waals surface area contributed by atoms with E-state index in [1.54, 1.807) is 12.1 Å². The Morgan fingerprint density at radius 1 is 0.700 bits per heavy atom. The normalized spacial score (nSPS) is 10.5. The van der Waals surface area contributed by atoms with Crippen molar-refractivity contribution in [1.29, 1.82) is 0 Å². The number of benzene rings is 3. The van der Waals surface area contributed by atoms with E-state index in [0.29, 0.717) is 11.5 Å². The maximum atomic E-state index is 5.35. The maximum Gasteiger partial charge on any atom is 0.154 e. The van der Waals surface area contributed by atoms with Crippen LogP contribution in [0.15, 0.2) is 60.7 Å². The zero-order valence-corrected chi connectivity index (χ0v) is 10.7. The molecule has 0 aliphatic heterocycles. The first-order valence-electron chi connectivity index (χ1n) is 6.19. The van der Waals surface area contributed by atoms with Gasteiger partial charge in [-0.2, -0.15) is 11.8 Å². The molecule has 0 aliphatic rings. The van der Waals surface area contributed by atoms with Crippen LogP contribution in [-0.4, -0.2) is 0 Å². The fraction of sp³-hybridized carbons (Fsp3) is 0. The summed E-state index contributed by atoms with van der Waals surface area (Å²) in [7, 11) is 0. The molecule has 0 bridgehead atoms. The number of fused-ring (bicyclic) bond motifs is 1. The second kappa shape index (κ2) is 5.21. The molecular formula is C16H14N2O2. The van der Waals surface area contributed by atoms with Crippen LogP contribution in [0.25, 0.3) is 21.9 Å². The number of hydrogen-bond acceptors (Lipinski definition) is 4. The maximum absolute atomic E-state index is 5.35. The fourth-order valence-electron chi connectivity index (χ4n) is 2.36. The molecule has 0 spiro atoms. The highest BCUT2D eigenvalue weighted by Gasteiger charge is 2.11. The zero-order valence-electron chi connectivity index (χ0n) is 10.7. The van der Waals surface area contributed by atoms with E-state index in [1.165, 1.54) is 0 Å². The summed E-state index contributed by atoms with van der Waals surface area (Å²) in [4.78, 5) is 9.74. The Balaban J connectivity index is 2.30. The van der Waals surface area contributed by atoms with Gasteiger partial charge in [0.05, 0.1) is 0 Å². The highest BCUT2D eigenvalue weighted by Crippen LogP contribution is 2.36. The third-order valence-electron chi connectivity index (χ3n) is 3.29. The van der Waals surface area contributed by atoms with Crippen LogP contribution in [0, 0.1) is 0 Å². The van der Waals surface area contributed by atoms with Crippen molar-refractivity contribution in [3.63, 3.8) is 0 Å². The van der Waals surface area contributed by atoms with Crippen LogP contribution in [-0.2, 0) is 0 Å². The van der Waals surface area contributed by atoms with E-state index >= 15 is 0 Å². The summed E-state index contributed by atoms with van der Waals surface area (Å²) in [6.07, 6.45) is 0. The highest BCUT2D eigenvalue weighted by atomic mass is 16.6. The van der Waals surface area contributed by atoms with Crippen molar-refractivity contribution in [3.8, 4) is 22.6 Å². The molecule has 0 saturated heterocycles. The molecule has 4 heteroatoms. The summed E-state index contributed by atoms with van der Waals surface area (Å²) in [5.41, 5.74) is 1.86. The van der Waals surface area contributed by atoms with Crippen LogP contribution in [0.2, 0.25) is 0 Å². The minimum absolute atomic E-state index is 0.550. The van der Waals surface area contributed by atoms with Gasteiger partial charge in [0.1, 0.15) is 5.75 Å². The molecule has 100 valence electrons. The van der Waals surface area contributed by atoms with Gasteiger partial charge < -0.3 is 9.68 Å². The van der Waals surface area contributed by atoms with Gasteiger partial charge in [-0.1, -0.05) is 42.5 Å². The van der Waals surface area contributed by atoms with Crippen LogP contribution < -0.4 is 21.5 Å². The number of hydrogen-bond donors (Lipinski definition) is 2. The monoisotopic (exact) mass is 266 g/mol. The molecule has 4 nitrogen and oxygen atoms in total. The molecule has 3 rings (SSSR count). The second-order valence-corrected chi connectivity index (χ2v) is 4.42. The first-order valence-corrected chi connectivity index (χ1v) is 6.19. The Morgan fingerprint density at radius 3 is 2.30 bits per heavy atom. The zero-order chi connectivity index (χ0) is 13.9. The van der Waals surface area contributed by atoms with Crippen molar-refractivity contribution in [2.75, 3.05) is 0 Å². The lowest BCUT2D eigenvalue weighted by molar-refractivity contribution is 0.326.